The fourth-order valence-corrected chi connectivity index (χ4v) is 3.82. The molecule has 0 aromatic heterocycles. The highest BCUT2D eigenvalue weighted by molar-refractivity contribution is 6.01. The normalized spacial score (nSPS) is 14.5. The average Bonchev–Trinajstić information content (AvgIpc) is 3.33. The van der Waals surface area contributed by atoms with Crippen LogP contribution in [0.4, 0.5) is 17.1 Å². The van der Waals surface area contributed by atoms with E-state index in [1.807, 2.05) is 0 Å². The highest BCUT2D eigenvalue weighted by Gasteiger charge is 2.36. The molecule has 0 N–H and O–H groups in total. The van der Waals surface area contributed by atoms with Gasteiger partial charge in [-0.1, -0.05) is 6.07 Å². The van der Waals surface area contributed by atoms with E-state index in [4.69, 9.17) is 9.47 Å². The quantitative estimate of drug-likeness (QED) is 0.130. The molecule has 1 saturated heterocycles. The molecule has 3 aromatic rings. The second-order valence-electron chi connectivity index (χ2n) is 8.43. The van der Waals surface area contributed by atoms with Crippen LogP contribution in [0.15, 0.2) is 72.8 Å². The van der Waals surface area contributed by atoms with Gasteiger partial charge in [0.1, 0.15) is 5.75 Å². The minimum absolute atomic E-state index is 0.0398. The first-order chi connectivity index (χ1) is 18.6. The number of rotatable bonds is 9. The number of amides is 1. The van der Waals surface area contributed by atoms with Crippen molar-refractivity contribution in [2.45, 2.75) is 6.42 Å². The first-order valence-electron chi connectivity index (χ1n) is 11.4. The second kappa shape index (κ2) is 11.3. The summed E-state index contributed by atoms with van der Waals surface area (Å²) in [6, 6.07) is 15.8. The number of Topliss-reactive ketones (excluding diaryl/α,β-unsaturated/α-hetero) is 1. The first-order valence-corrected chi connectivity index (χ1v) is 11.4. The molecule has 0 radical (unpaired) electrons. The molecule has 13 nitrogen and oxygen atoms in total. The van der Waals surface area contributed by atoms with Crippen LogP contribution in [0, 0.1) is 26.1 Å². The molecule has 3 aromatic carbocycles. The molecule has 13 heteroatoms. The van der Waals surface area contributed by atoms with Crippen LogP contribution in [0.2, 0.25) is 0 Å². The lowest BCUT2D eigenvalue weighted by Crippen LogP contribution is -2.27. The standard InChI is InChI=1S/C26H19N3O10/c30-23(16-6-10-22(11-7-16)39-26(33)17-4-8-19(9-5-17)28(34)35)15-38-25(32)18-12-24(31)27(14-18)20-2-1-3-21(13-20)29(36)37/h1-11,13,18H,12,14-15H2/t18-/m0/s1. The van der Waals surface area contributed by atoms with E-state index >= 15 is 0 Å². The number of carbonyl (C=O) groups excluding carboxylic acids is 4. The molecule has 1 amide bonds. The van der Waals surface area contributed by atoms with E-state index in [0.29, 0.717) is 0 Å². The maximum Gasteiger partial charge on any atom is 0.343 e. The predicted molar refractivity (Wildman–Crippen MR) is 133 cm³/mol. The van der Waals surface area contributed by atoms with Gasteiger partial charge in [0.15, 0.2) is 12.4 Å². The zero-order chi connectivity index (χ0) is 28.1. The molecule has 0 aliphatic carbocycles. The van der Waals surface area contributed by atoms with E-state index < -0.39 is 46.0 Å². The van der Waals surface area contributed by atoms with Crippen molar-refractivity contribution >= 4 is 40.7 Å². The molecule has 1 heterocycles. The lowest BCUT2D eigenvalue weighted by atomic mass is 10.1. The third-order valence-electron chi connectivity index (χ3n) is 5.86. The summed E-state index contributed by atoms with van der Waals surface area (Å²) in [5.41, 5.74) is 0.203. The number of hydrogen-bond donors (Lipinski definition) is 0. The van der Waals surface area contributed by atoms with Crippen LogP contribution in [-0.2, 0) is 14.3 Å². The van der Waals surface area contributed by atoms with Crippen LogP contribution in [0.3, 0.4) is 0 Å². The van der Waals surface area contributed by atoms with Crippen molar-refractivity contribution < 1.29 is 38.5 Å². The maximum absolute atomic E-state index is 12.5. The smallest absolute Gasteiger partial charge is 0.343 e. The Labute approximate surface area is 219 Å². The second-order valence-corrected chi connectivity index (χ2v) is 8.43. The van der Waals surface area contributed by atoms with Crippen molar-refractivity contribution in [1.29, 1.82) is 0 Å². The highest BCUT2D eigenvalue weighted by Crippen LogP contribution is 2.28. The van der Waals surface area contributed by atoms with Gasteiger partial charge in [-0.2, -0.15) is 0 Å². The topological polar surface area (TPSA) is 176 Å². The molecule has 4 rings (SSSR count). The molecular weight excluding hydrogens is 514 g/mol. The van der Waals surface area contributed by atoms with Gasteiger partial charge in [-0.05, 0) is 42.5 Å². The Kier molecular flexibility index (Phi) is 7.70. The van der Waals surface area contributed by atoms with E-state index in [0.717, 1.165) is 0 Å². The van der Waals surface area contributed by atoms with Gasteiger partial charge in [-0.15, -0.1) is 0 Å². The average molecular weight is 533 g/mol. The summed E-state index contributed by atoms with van der Waals surface area (Å²) in [5.74, 6) is -3.15. The fraction of sp³-hybridized carbons (Fsp3) is 0.154. The van der Waals surface area contributed by atoms with Crippen molar-refractivity contribution in [1.82, 2.24) is 0 Å². The number of anilines is 1. The van der Waals surface area contributed by atoms with Crippen LogP contribution in [-0.4, -0.2) is 46.6 Å². The van der Waals surface area contributed by atoms with Gasteiger partial charge in [0.25, 0.3) is 11.4 Å². The number of benzene rings is 3. The first kappa shape index (κ1) is 26.6. The van der Waals surface area contributed by atoms with E-state index in [1.54, 1.807) is 0 Å². The third kappa shape index (κ3) is 6.28. The summed E-state index contributed by atoms with van der Waals surface area (Å²) in [6.07, 6.45) is -0.162. The number of ether oxygens (including phenoxy) is 2. The molecule has 1 aliphatic heterocycles. The Bertz CT molecular complexity index is 1470. The predicted octanol–water partition coefficient (Wildman–Crippen LogP) is 3.50. The van der Waals surface area contributed by atoms with E-state index in [-0.39, 0.29) is 46.9 Å². The van der Waals surface area contributed by atoms with Gasteiger partial charge >= 0.3 is 11.9 Å². The van der Waals surface area contributed by atoms with E-state index in [9.17, 15) is 39.4 Å². The maximum atomic E-state index is 12.5. The van der Waals surface area contributed by atoms with Crippen molar-refractivity contribution in [3.63, 3.8) is 0 Å². The fourth-order valence-electron chi connectivity index (χ4n) is 3.82. The summed E-state index contributed by atoms with van der Waals surface area (Å²) < 4.78 is 10.3. The Morgan fingerprint density at radius 2 is 1.51 bits per heavy atom. The summed E-state index contributed by atoms with van der Waals surface area (Å²) >= 11 is 0. The van der Waals surface area contributed by atoms with Gasteiger partial charge in [0.05, 0.1) is 27.0 Å². The number of carbonyl (C=O) groups is 4. The van der Waals surface area contributed by atoms with Crippen molar-refractivity contribution in [3.05, 3.63) is 104 Å². The van der Waals surface area contributed by atoms with Crippen LogP contribution in [0.1, 0.15) is 27.1 Å². The lowest BCUT2D eigenvalue weighted by molar-refractivity contribution is -0.385. The highest BCUT2D eigenvalue weighted by atomic mass is 16.6. The SMILES string of the molecule is O=C(COC(=O)[C@H]1CC(=O)N(c2cccc([N+](=O)[O-])c2)C1)c1ccc(OC(=O)c2ccc([N+](=O)[O-])cc2)cc1. The minimum atomic E-state index is -0.842. The Morgan fingerprint density at radius 3 is 2.15 bits per heavy atom. The number of nitro benzene ring substituents is 2. The van der Waals surface area contributed by atoms with Crippen molar-refractivity contribution in [3.8, 4) is 5.75 Å². The zero-order valence-corrected chi connectivity index (χ0v) is 20.1. The third-order valence-corrected chi connectivity index (χ3v) is 5.86. The lowest BCUT2D eigenvalue weighted by Gasteiger charge is -2.16. The number of hydrogen-bond acceptors (Lipinski definition) is 10. The molecular formula is C26H19N3O10. The number of ketones is 1. The molecule has 1 fully saturated rings. The molecule has 1 aliphatic rings. The largest absolute Gasteiger partial charge is 0.457 e. The Morgan fingerprint density at radius 1 is 0.872 bits per heavy atom. The molecule has 0 bridgehead atoms. The van der Waals surface area contributed by atoms with Gasteiger partial charge in [0, 0.05) is 42.8 Å². The van der Waals surface area contributed by atoms with Crippen LogP contribution in [0.5, 0.6) is 5.75 Å². The van der Waals surface area contributed by atoms with Gasteiger partial charge < -0.3 is 14.4 Å². The van der Waals surface area contributed by atoms with Crippen molar-refractivity contribution in [2.75, 3.05) is 18.1 Å². The Hall–Kier alpha value is -5.46. The Balaban J connectivity index is 1.29. The van der Waals surface area contributed by atoms with Crippen LogP contribution < -0.4 is 9.64 Å². The van der Waals surface area contributed by atoms with E-state index in [2.05, 4.69) is 0 Å². The van der Waals surface area contributed by atoms with Crippen molar-refractivity contribution in [2.24, 2.45) is 5.92 Å². The molecule has 0 unspecified atom stereocenters. The number of esters is 2. The summed E-state index contributed by atoms with van der Waals surface area (Å²) in [4.78, 5) is 71.4. The van der Waals surface area contributed by atoms with Gasteiger partial charge in [0.2, 0.25) is 5.91 Å². The van der Waals surface area contributed by atoms with Crippen LogP contribution in [0.25, 0.3) is 0 Å². The number of nitro groups is 2. The molecule has 0 spiro atoms. The minimum Gasteiger partial charge on any atom is -0.457 e. The number of nitrogens with zero attached hydrogens (tertiary/aromatic N) is 3. The zero-order valence-electron chi connectivity index (χ0n) is 20.1. The summed E-state index contributed by atoms with van der Waals surface area (Å²) in [6.45, 7) is -0.621. The van der Waals surface area contributed by atoms with Crippen LogP contribution >= 0.6 is 0 Å². The summed E-state index contributed by atoms with van der Waals surface area (Å²) in [7, 11) is 0. The monoisotopic (exact) mass is 533 g/mol. The molecule has 0 saturated carbocycles. The molecule has 198 valence electrons. The number of non-ortho nitro benzene ring substituents is 2. The molecule has 39 heavy (non-hydrogen) atoms. The van der Waals surface area contributed by atoms with Gasteiger partial charge in [-0.3, -0.25) is 34.6 Å². The molecule has 1 atom stereocenters. The van der Waals surface area contributed by atoms with E-state index in [1.165, 1.54) is 77.7 Å². The summed E-state index contributed by atoms with van der Waals surface area (Å²) in [5, 5.41) is 21.7. The van der Waals surface area contributed by atoms with Gasteiger partial charge in [-0.25, -0.2) is 4.79 Å².